The molecule has 1 fully saturated rings. The highest BCUT2D eigenvalue weighted by Crippen LogP contribution is 2.27. The summed E-state index contributed by atoms with van der Waals surface area (Å²) >= 11 is 0. The van der Waals surface area contributed by atoms with Crippen molar-refractivity contribution < 1.29 is 0 Å². The molecule has 0 aliphatic heterocycles. The molecule has 0 amide bonds. The minimum absolute atomic E-state index is 0.724. The van der Waals surface area contributed by atoms with Crippen LogP contribution in [0.2, 0.25) is 0 Å². The van der Waals surface area contributed by atoms with Crippen LogP contribution in [0.15, 0.2) is 0 Å². The van der Waals surface area contributed by atoms with E-state index in [1.165, 1.54) is 25.7 Å². The molecule has 1 rings (SSSR count). The highest BCUT2D eigenvalue weighted by molar-refractivity contribution is 4.77. The number of rotatable bonds is 5. The third-order valence-corrected chi connectivity index (χ3v) is 3.13. The molecule has 0 aromatic rings. The fourth-order valence-corrected chi connectivity index (χ4v) is 2.14. The summed E-state index contributed by atoms with van der Waals surface area (Å²) in [4.78, 5) is 2.23. The molecule has 1 aliphatic rings. The van der Waals surface area contributed by atoms with E-state index in [0.29, 0.717) is 0 Å². The molecule has 2 nitrogen and oxygen atoms in total. The van der Waals surface area contributed by atoms with Crippen molar-refractivity contribution in [2.45, 2.75) is 38.6 Å². The van der Waals surface area contributed by atoms with Crippen LogP contribution < -0.4 is 5.32 Å². The van der Waals surface area contributed by atoms with Crippen molar-refractivity contribution >= 4 is 0 Å². The van der Waals surface area contributed by atoms with Gasteiger partial charge in [-0.15, -0.1) is 0 Å². The molecule has 0 bridgehead atoms. The first-order valence-corrected chi connectivity index (χ1v) is 5.58. The average molecular weight is 184 g/mol. The summed E-state index contributed by atoms with van der Waals surface area (Å²) in [5.41, 5.74) is 0. The molecule has 0 aromatic heterocycles. The van der Waals surface area contributed by atoms with Crippen molar-refractivity contribution in [1.82, 2.24) is 10.2 Å². The average Bonchev–Trinajstić information content (AvgIpc) is 2.55. The molecule has 0 aromatic carbocycles. The molecular formula is C11H24N2. The van der Waals surface area contributed by atoms with Crippen LogP contribution in [0, 0.1) is 5.92 Å². The van der Waals surface area contributed by atoms with Crippen molar-refractivity contribution in [3.05, 3.63) is 0 Å². The number of likely N-dealkylation sites (N-methyl/N-ethyl adjacent to an activating group) is 1. The largest absolute Gasteiger partial charge is 0.313 e. The molecule has 1 N–H and O–H groups in total. The van der Waals surface area contributed by atoms with E-state index in [1.807, 2.05) is 0 Å². The smallest absolute Gasteiger partial charge is 0.0101 e. The molecule has 0 heterocycles. The predicted octanol–water partition coefficient (Wildman–Crippen LogP) is 1.72. The summed E-state index contributed by atoms with van der Waals surface area (Å²) in [7, 11) is 4.25. The van der Waals surface area contributed by atoms with Gasteiger partial charge in [0.1, 0.15) is 0 Å². The van der Waals surface area contributed by atoms with Crippen molar-refractivity contribution in [3.8, 4) is 0 Å². The third kappa shape index (κ3) is 4.10. The minimum Gasteiger partial charge on any atom is -0.313 e. The zero-order valence-corrected chi connectivity index (χ0v) is 9.34. The Hall–Kier alpha value is -0.0800. The van der Waals surface area contributed by atoms with Crippen molar-refractivity contribution in [2.24, 2.45) is 5.92 Å². The van der Waals surface area contributed by atoms with Gasteiger partial charge in [0.15, 0.2) is 0 Å². The highest BCUT2D eigenvalue weighted by Gasteiger charge is 2.20. The first kappa shape index (κ1) is 11.0. The fourth-order valence-electron chi connectivity index (χ4n) is 2.14. The van der Waals surface area contributed by atoms with Crippen LogP contribution in [0.1, 0.15) is 32.6 Å². The van der Waals surface area contributed by atoms with Gasteiger partial charge in [0.25, 0.3) is 0 Å². The minimum atomic E-state index is 0.724. The second kappa shape index (κ2) is 5.61. The van der Waals surface area contributed by atoms with Gasteiger partial charge in [-0.25, -0.2) is 0 Å². The van der Waals surface area contributed by atoms with Gasteiger partial charge in [-0.05, 0) is 39.8 Å². The Kier molecular flexibility index (Phi) is 4.74. The van der Waals surface area contributed by atoms with E-state index in [-0.39, 0.29) is 0 Å². The molecule has 1 aliphatic carbocycles. The number of hydrogen-bond donors (Lipinski definition) is 1. The van der Waals surface area contributed by atoms with E-state index in [4.69, 9.17) is 0 Å². The molecule has 0 radical (unpaired) electrons. The zero-order chi connectivity index (χ0) is 9.68. The van der Waals surface area contributed by atoms with Crippen LogP contribution in [0.5, 0.6) is 0 Å². The zero-order valence-electron chi connectivity index (χ0n) is 9.34. The van der Waals surface area contributed by atoms with Crippen LogP contribution in [0.4, 0.5) is 0 Å². The van der Waals surface area contributed by atoms with Crippen LogP contribution in [0.25, 0.3) is 0 Å². The first-order valence-electron chi connectivity index (χ1n) is 5.58. The quantitative estimate of drug-likeness (QED) is 0.700. The summed E-state index contributed by atoms with van der Waals surface area (Å²) in [5, 5.41) is 3.61. The van der Waals surface area contributed by atoms with Crippen molar-refractivity contribution in [2.75, 3.05) is 27.2 Å². The van der Waals surface area contributed by atoms with Crippen LogP contribution >= 0.6 is 0 Å². The van der Waals surface area contributed by atoms with E-state index in [2.05, 4.69) is 31.2 Å². The third-order valence-electron chi connectivity index (χ3n) is 3.13. The maximum Gasteiger partial charge on any atom is 0.0101 e. The molecule has 1 saturated carbocycles. The lowest BCUT2D eigenvalue weighted by Gasteiger charge is -2.21. The SMILES string of the molecule is CC(NCCN(C)C)C1CCCC1. The molecule has 1 atom stereocenters. The Balaban J connectivity index is 2.06. The molecule has 2 heteroatoms. The second-order valence-corrected chi connectivity index (χ2v) is 4.59. The molecule has 78 valence electrons. The van der Waals surface area contributed by atoms with Gasteiger partial charge in [-0.2, -0.15) is 0 Å². The number of nitrogens with zero attached hydrogens (tertiary/aromatic N) is 1. The van der Waals surface area contributed by atoms with Gasteiger partial charge < -0.3 is 10.2 Å². The Morgan fingerprint density at radius 2 is 1.92 bits per heavy atom. The Morgan fingerprint density at radius 3 is 2.46 bits per heavy atom. The van der Waals surface area contributed by atoms with Crippen LogP contribution in [-0.2, 0) is 0 Å². The van der Waals surface area contributed by atoms with Gasteiger partial charge in [0.2, 0.25) is 0 Å². The summed E-state index contributed by atoms with van der Waals surface area (Å²) in [6.45, 7) is 4.62. The van der Waals surface area contributed by atoms with Gasteiger partial charge in [0, 0.05) is 19.1 Å². The normalized spacial score (nSPS) is 21.2. The first-order chi connectivity index (χ1) is 6.20. The number of nitrogens with one attached hydrogen (secondary N) is 1. The predicted molar refractivity (Wildman–Crippen MR) is 58.0 cm³/mol. The van der Waals surface area contributed by atoms with Crippen molar-refractivity contribution in [3.63, 3.8) is 0 Å². The van der Waals surface area contributed by atoms with Crippen LogP contribution in [0.3, 0.4) is 0 Å². The van der Waals surface area contributed by atoms with E-state index < -0.39 is 0 Å². The molecule has 13 heavy (non-hydrogen) atoms. The summed E-state index contributed by atoms with van der Waals surface area (Å²) < 4.78 is 0. The lowest BCUT2D eigenvalue weighted by atomic mass is 10.00. The lowest BCUT2D eigenvalue weighted by molar-refractivity contribution is 0.343. The van der Waals surface area contributed by atoms with Gasteiger partial charge >= 0.3 is 0 Å². The summed E-state index contributed by atoms with van der Waals surface area (Å²) in [6, 6.07) is 0.724. The van der Waals surface area contributed by atoms with E-state index >= 15 is 0 Å². The standard InChI is InChI=1S/C11H24N2/c1-10(11-6-4-5-7-11)12-8-9-13(2)3/h10-12H,4-9H2,1-3H3. The second-order valence-electron chi connectivity index (χ2n) is 4.59. The maximum absolute atomic E-state index is 3.61. The van der Waals surface area contributed by atoms with E-state index in [1.54, 1.807) is 0 Å². The van der Waals surface area contributed by atoms with Gasteiger partial charge in [-0.3, -0.25) is 0 Å². The Morgan fingerprint density at radius 1 is 1.31 bits per heavy atom. The van der Waals surface area contributed by atoms with Gasteiger partial charge in [-0.1, -0.05) is 12.8 Å². The molecular weight excluding hydrogens is 160 g/mol. The maximum atomic E-state index is 3.61. The van der Waals surface area contributed by atoms with E-state index in [9.17, 15) is 0 Å². The highest BCUT2D eigenvalue weighted by atomic mass is 15.1. The Labute approximate surface area is 82.7 Å². The monoisotopic (exact) mass is 184 g/mol. The van der Waals surface area contributed by atoms with Crippen LogP contribution in [-0.4, -0.2) is 38.1 Å². The van der Waals surface area contributed by atoms with Crippen molar-refractivity contribution in [1.29, 1.82) is 0 Å². The lowest BCUT2D eigenvalue weighted by Crippen LogP contribution is -2.36. The molecule has 1 unspecified atom stereocenters. The van der Waals surface area contributed by atoms with E-state index in [0.717, 1.165) is 25.0 Å². The topological polar surface area (TPSA) is 15.3 Å². The number of hydrogen-bond acceptors (Lipinski definition) is 2. The summed E-state index contributed by atoms with van der Waals surface area (Å²) in [6.07, 6.45) is 5.78. The summed E-state index contributed by atoms with van der Waals surface area (Å²) in [5.74, 6) is 0.946. The Bertz CT molecular complexity index is 128. The fraction of sp³-hybridized carbons (Fsp3) is 1.00. The molecule has 0 saturated heterocycles. The van der Waals surface area contributed by atoms with Gasteiger partial charge in [0.05, 0.1) is 0 Å². The molecule has 0 spiro atoms.